The Balaban J connectivity index is 2.17. The first-order valence-corrected chi connectivity index (χ1v) is 7.83. The van der Waals surface area contributed by atoms with Crippen LogP contribution in [0.5, 0.6) is 0 Å². The molecule has 0 bridgehead atoms. The summed E-state index contributed by atoms with van der Waals surface area (Å²) < 4.78 is 27.9. The number of nitrogens with one attached hydrogen (secondary N) is 1. The van der Waals surface area contributed by atoms with Crippen molar-refractivity contribution in [2.24, 2.45) is 0 Å². The molecule has 1 amide bonds. The number of rotatable bonds is 4. The minimum atomic E-state index is -3.45. The Kier molecular flexibility index (Phi) is 3.94. The third-order valence-electron chi connectivity index (χ3n) is 2.59. The van der Waals surface area contributed by atoms with Crippen LogP contribution in [-0.4, -0.2) is 30.7 Å². The SMILES string of the molecule is Cc1noc(CNC(=O)c2cc(N)cc(S(C)(=O)=O)c2)n1. The monoisotopic (exact) mass is 310 g/mol. The quantitative estimate of drug-likeness (QED) is 0.777. The lowest BCUT2D eigenvalue weighted by atomic mass is 10.2. The van der Waals surface area contributed by atoms with E-state index >= 15 is 0 Å². The third kappa shape index (κ3) is 3.78. The van der Waals surface area contributed by atoms with Crippen molar-refractivity contribution < 1.29 is 17.7 Å². The molecule has 2 aromatic rings. The first-order valence-electron chi connectivity index (χ1n) is 5.94. The summed E-state index contributed by atoms with van der Waals surface area (Å²) in [5.74, 6) is 0.235. The van der Waals surface area contributed by atoms with Gasteiger partial charge in [-0.2, -0.15) is 4.98 Å². The largest absolute Gasteiger partial charge is 0.399 e. The maximum absolute atomic E-state index is 12.0. The van der Waals surface area contributed by atoms with Gasteiger partial charge in [-0.15, -0.1) is 0 Å². The molecule has 112 valence electrons. The van der Waals surface area contributed by atoms with Crippen LogP contribution in [0.3, 0.4) is 0 Å². The van der Waals surface area contributed by atoms with Crippen LogP contribution in [0, 0.1) is 6.92 Å². The van der Waals surface area contributed by atoms with Gasteiger partial charge in [0, 0.05) is 17.5 Å². The molecule has 1 aromatic carbocycles. The number of sulfone groups is 1. The predicted octanol–water partition coefficient (Wildman–Crippen LogP) is 0.294. The van der Waals surface area contributed by atoms with Crippen molar-refractivity contribution in [3.8, 4) is 0 Å². The van der Waals surface area contributed by atoms with E-state index in [1.807, 2.05) is 0 Å². The van der Waals surface area contributed by atoms with Crippen LogP contribution in [0.2, 0.25) is 0 Å². The number of nitrogen functional groups attached to an aromatic ring is 1. The molecule has 2 rings (SSSR count). The molecule has 0 aliphatic rings. The summed E-state index contributed by atoms with van der Waals surface area (Å²) in [4.78, 5) is 15.9. The number of amides is 1. The number of hydrogen-bond acceptors (Lipinski definition) is 7. The summed E-state index contributed by atoms with van der Waals surface area (Å²) >= 11 is 0. The molecule has 21 heavy (non-hydrogen) atoms. The summed E-state index contributed by atoms with van der Waals surface area (Å²) in [6.45, 7) is 1.70. The van der Waals surface area contributed by atoms with Crippen molar-refractivity contribution in [3.63, 3.8) is 0 Å². The maximum Gasteiger partial charge on any atom is 0.251 e. The zero-order valence-corrected chi connectivity index (χ0v) is 12.3. The maximum atomic E-state index is 12.0. The Bertz CT molecular complexity index is 782. The molecule has 0 saturated carbocycles. The molecule has 0 aliphatic carbocycles. The van der Waals surface area contributed by atoms with E-state index in [4.69, 9.17) is 10.3 Å². The van der Waals surface area contributed by atoms with Crippen molar-refractivity contribution in [2.45, 2.75) is 18.4 Å². The molecule has 0 radical (unpaired) electrons. The predicted molar refractivity (Wildman–Crippen MR) is 74.2 cm³/mol. The van der Waals surface area contributed by atoms with Gasteiger partial charge < -0.3 is 15.6 Å². The molecule has 0 saturated heterocycles. The molecule has 0 spiro atoms. The Morgan fingerprint density at radius 1 is 1.38 bits per heavy atom. The molecule has 0 aliphatic heterocycles. The fraction of sp³-hybridized carbons (Fsp3) is 0.250. The molecule has 8 nitrogen and oxygen atoms in total. The zero-order chi connectivity index (χ0) is 15.6. The molecule has 0 unspecified atom stereocenters. The Morgan fingerprint density at radius 2 is 2.10 bits per heavy atom. The second-order valence-corrected chi connectivity index (χ2v) is 6.50. The van der Waals surface area contributed by atoms with Crippen LogP contribution in [0.25, 0.3) is 0 Å². The van der Waals surface area contributed by atoms with Crippen molar-refractivity contribution in [1.29, 1.82) is 0 Å². The molecular formula is C12H14N4O4S. The number of benzene rings is 1. The number of hydrogen-bond donors (Lipinski definition) is 2. The van der Waals surface area contributed by atoms with E-state index in [0.29, 0.717) is 5.82 Å². The molecule has 3 N–H and O–H groups in total. The van der Waals surface area contributed by atoms with E-state index in [9.17, 15) is 13.2 Å². The Hall–Kier alpha value is -2.42. The molecular weight excluding hydrogens is 296 g/mol. The van der Waals surface area contributed by atoms with Crippen molar-refractivity contribution in [2.75, 3.05) is 12.0 Å². The highest BCUT2D eigenvalue weighted by atomic mass is 32.2. The standard InChI is InChI=1S/C12H14N4O4S/c1-7-15-11(20-16-7)6-14-12(17)8-3-9(13)5-10(4-8)21(2,18)19/h3-5H,6,13H2,1-2H3,(H,14,17). The number of nitrogens with two attached hydrogens (primary N) is 1. The van der Waals surface area contributed by atoms with Gasteiger partial charge in [-0.1, -0.05) is 5.16 Å². The highest BCUT2D eigenvalue weighted by molar-refractivity contribution is 7.90. The van der Waals surface area contributed by atoms with E-state index in [-0.39, 0.29) is 28.6 Å². The van der Waals surface area contributed by atoms with Gasteiger partial charge in [-0.05, 0) is 25.1 Å². The summed E-state index contributed by atoms with van der Waals surface area (Å²) in [7, 11) is -3.45. The number of anilines is 1. The Labute approximate surface area is 121 Å². The summed E-state index contributed by atoms with van der Waals surface area (Å²) in [6, 6.07) is 3.96. The molecule has 1 aromatic heterocycles. The number of aromatic nitrogens is 2. The van der Waals surface area contributed by atoms with Crippen molar-refractivity contribution >= 4 is 21.4 Å². The average molecular weight is 310 g/mol. The first kappa shape index (κ1) is 15.0. The van der Waals surface area contributed by atoms with Gasteiger partial charge in [0.05, 0.1) is 11.4 Å². The van der Waals surface area contributed by atoms with Crippen LogP contribution in [0.1, 0.15) is 22.1 Å². The lowest BCUT2D eigenvalue weighted by Crippen LogP contribution is -2.23. The second kappa shape index (κ2) is 5.52. The third-order valence-corrected chi connectivity index (χ3v) is 3.68. The minimum Gasteiger partial charge on any atom is -0.399 e. The average Bonchev–Trinajstić information content (AvgIpc) is 2.80. The lowest BCUT2D eigenvalue weighted by Gasteiger charge is -2.06. The van der Waals surface area contributed by atoms with E-state index in [2.05, 4.69) is 15.5 Å². The van der Waals surface area contributed by atoms with Crippen LogP contribution in [0.15, 0.2) is 27.6 Å². The highest BCUT2D eigenvalue weighted by Crippen LogP contribution is 2.16. The van der Waals surface area contributed by atoms with Gasteiger partial charge in [0.25, 0.3) is 5.91 Å². The van der Waals surface area contributed by atoms with E-state index in [1.165, 1.54) is 18.2 Å². The molecule has 1 heterocycles. The second-order valence-electron chi connectivity index (χ2n) is 4.48. The number of carbonyl (C=O) groups is 1. The number of carbonyl (C=O) groups excluding carboxylic acids is 1. The van der Waals surface area contributed by atoms with Crippen molar-refractivity contribution in [1.82, 2.24) is 15.5 Å². The fourth-order valence-corrected chi connectivity index (χ4v) is 2.33. The minimum absolute atomic E-state index is 0.0127. The van der Waals surface area contributed by atoms with Crippen LogP contribution in [-0.2, 0) is 16.4 Å². The summed E-state index contributed by atoms with van der Waals surface area (Å²) in [6.07, 6.45) is 1.05. The number of nitrogens with zero attached hydrogens (tertiary/aromatic N) is 2. The van der Waals surface area contributed by atoms with Crippen LogP contribution in [0.4, 0.5) is 5.69 Å². The fourth-order valence-electron chi connectivity index (χ4n) is 1.64. The van der Waals surface area contributed by atoms with Crippen molar-refractivity contribution in [3.05, 3.63) is 35.5 Å². The van der Waals surface area contributed by atoms with Crippen LogP contribution >= 0.6 is 0 Å². The van der Waals surface area contributed by atoms with E-state index in [0.717, 1.165) is 6.26 Å². The topological polar surface area (TPSA) is 128 Å². The summed E-state index contributed by atoms with van der Waals surface area (Å²) in [5, 5.41) is 6.14. The van der Waals surface area contributed by atoms with E-state index < -0.39 is 15.7 Å². The highest BCUT2D eigenvalue weighted by Gasteiger charge is 2.14. The lowest BCUT2D eigenvalue weighted by molar-refractivity contribution is 0.0946. The van der Waals surface area contributed by atoms with Gasteiger partial charge in [-0.3, -0.25) is 4.79 Å². The molecule has 9 heteroatoms. The molecule has 0 atom stereocenters. The first-order chi connectivity index (χ1) is 9.75. The Morgan fingerprint density at radius 3 is 2.67 bits per heavy atom. The molecule has 0 fully saturated rings. The zero-order valence-electron chi connectivity index (χ0n) is 11.5. The smallest absolute Gasteiger partial charge is 0.251 e. The van der Waals surface area contributed by atoms with E-state index in [1.54, 1.807) is 6.92 Å². The summed E-state index contributed by atoms with van der Waals surface area (Å²) in [5.41, 5.74) is 5.96. The van der Waals surface area contributed by atoms with Gasteiger partial charge in [0.2, 0.25) is 5.89 Å². The normalized spacial score (nSPS) is 11.3. The van der Waals surface area contributed by atoms with Crippen LogP contribution < -0.4 is 11.1 Å². The van der Waals surface area contributed by atoms with Gasteiger partial charge in [-0.25, -0.2) is 8.42 Å². The number of aryl methyl sites for hydroxylation is 1. The van der Waals surface area contributed by atoms with Gasteiger partial charge in [0.15, 0.2) is 15.7 Å². The van der Waals surface area contributed by atoms with Gasteiger partial charge in [0.1, 0.15) is 0 Å². The van der Waals surface area contributed by atoms with Gasteiger partial charge >= 0.3 is 0 Å².